The zero-order chi connectivity index (χ0) is 20.2. The van der Waals surface area contributed by atoms with Gasteiger partial charge >= 0.3 is 6.03 Å². The molecule has 6 nitrogen and oxygen atoms in total. The van der Waals surface area contributed by atoms with Crippen molar-refractivity contribution < 1.29 is 14.0 Å². The molecule has 3 aromatic rings. The highest BCUT2D eigenvalue weighted by atomic mass is 32.1. The Morgan fingerprint density at radius 3 is 2.76 bits per heavy atom. The third-order valence-corrected chi connectivity index (χ3v) is 6.07. The molecule has 29 heavy (non-hydrogen) atoms. The molecule has 0 bridgehead atoms. The van der Waals surface area contributed by atoms with E-state index < -0.39 is 17.8 Å². The number of likely N-dealkylation sites (tertiary alicyclic amines) is 1. The third-order valence-electron chi connectivity index (χ3n) is 4.93. The molecule has 1 aromatic heterocycles. The van der Waals surface area contributed by atoms with Crippen molar-refractivity contribution in [3.8, 4) is 0 Å². The van der Waals surface area contributed by atoms with Gasteiger partial charge in [0.2, 0.25) is 5.91 Å². The second-order valence-corrected chi connectivity index (χ2v) is 8.05. The number of benzene rings is 2. The minimum absolute atomic E-state index is 0.0307. The first-order valence-electron chi connectivity index (χ1n) is 9.55. The van der Waals surface area contributed by atoms with Crippen molar-refractivity contribution in [2.45, 2.75) is 25.3 Å². The number of halogens is 1. The summed E-state index contributed by atoms with van der Waals surface area (Å²) in [4.78, 5) is 31.3. The Morgan fingerprint density at radius 1 is 1.14 bits per heavy atom. The Hall–Kier alpha value is -2.84. The van der Waals surface area contributed by atoms with Crippen LogP contribution >= 0.6 is 11.3 Å². The van der Waals surface area contributed by atoms with Crippen LogP contribution < -0.4 is 10.6 Å². The van der Waals surface area contributed by atoms with Crippen LogP contribution in [-0.4, -0.2) is 34.9 Å². The highest BCUT2D eigenvalue weighted by molar-refractivity contribution is 7.18. The summed E-state index contributed by atoms with van der Waals surface area (Å²) in [6.07, 6.45) is 3.00. The number of urea groups is 1. The van der Waals surface area contributed by atoms with E-state index in [1.165, 1.54) is 18.2 Å². The number of para-hydroxylation sites is 2. The first-order valence-corrected chi connectivity index (χ1v) is 10.4. The van der Waals surface area contributed by atoms with Crippen molar-refractivity contribution in [3.05, 3.63) is 59.4 Å². The van der Waals surface area contributed by atoms with E-state index in [2.05, 4.69) is 15.5 Å². The average Bonchev–Trinajstić information content (AvgIpc) is 3.14. The Balaban J connectivity index is 1.40. The minimum atomic E-state index is -0.742. The van der Waals surface area contributed by atoms with Crippen LogP contribution in [0.15, 0.2) is 48.5 Å². The number of anilines is 1. The number of aromatic nitrogens is 1. The number of thiazole rings is 1. The fourth-order valence-corrected chi connectivity index (χ4v) is 4.70. The second-order valence-electron chi connectivity index (χ2n) is 6.98. The Bertz CT molecular complexity index is 1010. The number of nitrogens with one attached hydrogen (secondary N) is 2. The molecule has 0 unspecified atom stereocenters. The summed E-state index contributed by atoms with van der Waals surface area (Å²) in [6, 6.07) is 13.1. The number of imide groups is 1. The number of nitrogens with zero attached hydrogens (tertiary/aromatic N) is 2. The fraction of sp³-hybridized carbons (Fsp3) is 0.286. The number of hydrogen-bond donors (Lipinski definition) is 2. The number of fused-ring (bicyclic) bond motifs is 1. The molecular weight excluding hydrogens is 391 g/mol. The molecular formula is C21H21FN4O2S. The van der Waals surface area contributed by atoms with Gasteiger partial charge in [-0.05, 0) is 43.7 Å². The average molecular weight is 412 g/mol. The maximum Gasteiger partial charge on any atom is 0.326 e. The number of piperidine rings is 1. The molecule has 1 aliphatic heterocycles. The van der Waals surface area contributed by atoms with Gasteiger partial charge < -0.3 is 5.32 Å². The van der Waals surface area contributed by atoms with E-state index in [4.69, 9.17) is 4.98 Å². The van der Waals surface area contributed by atoms with E-state index in [0.717, 1.165) is 41.0 Å². The Morgan fingerprint density at radius 2 is 1.93 bits per heavy atom. The van der Waals surface area contributed by atoms with Crippen molar-refractivity contribution in [1.29, 1.82) is 0 Å². The lowest BCUT2D eigenvalue weighted by atomic mass is 10.0. The van der Waals surface area contributed by atoms with Crippen molar-refractivity contribution >= 4 is 39.2 Å². The van der Waals surface area contributed by atoms with Crippen LogP contribution in [0.25, 0.3) is 10.2 Å². The lowest BCUT2D eigenvalue weighted by Gasteiger charge is -2.33. The van der Waals surface area contributed by atoms with Crippen molar-refractivity contribution in [3.63, 3.8) is 0 Å². The summed E-state index contributed by atoms with van der Waals surface area (Å²) in [5.41, 5.74) is 0.995. The number of amides is 3. The van der Waals surface area contributed by atoms with E-state index in [1.807, 2.05) is 24.3 Å². The maximum atomic E-state index is 13.6. The number of carbonyl (C=O) groups is 2. The summed E-state index contributed by atoms with van der Waals surface area (Å²) in [7, 11) is 0. The molecule has 2 aromatic carbocycles. The van der Waals surface area contributed by atoms with Crippen LogP contribution in [0.3, 0.4) is 0 Å². The second kappa shape index (κ2) is 8.67. The zero-order valence-corrected chi connectivity index (χ0v) is 16.5. The summed E-state index contributed by atoms with van der Waals surface area (Å²) in [5.74, 6) is -0.978. The molecule has 1 atom stereocenters. The van der Waals surface area contributed by atoms with Crippen LogP contribution in [0.1, 0.15) is 30.3 Å². The molecule has 1 saturated heterocycles. The predicted molar refractivity (Wildman–Crippen MR) is 111 cm³/mol. The number of hydrogen-bond acceptors (Lipinski definition) is 5. The molecule has 0 radical (unpaired) electrons. The fourth-order valence-electron chi connectivity index (χ4n) is 3.56. The van der Waals surface area contributed by atoms with E-state index in [9.17, 15) is 14.0 Å². The summed E-state index contributed by atoms with van der Waals surface area (Å²) >= 11 is 1.65. The van der Waals surface area contributed by atoms with Gasteiger partial charge in [-0.3, -0.25) is 15.0 Å². The largest absolute Gasteiger partial charge is 0.326 e. The molecule has 2 N–H and O–H groups in total. The van der Waals surface area contributed by atoms with Crippen molar-refractivity contribution in [1.82, 2.24) is 15.2 Å². The number of rotatable bonds is 4. The van der Waals surface area contributed by atoms with Crippen LogP contribution in [0.2, 0.25) is 0 Å². The standard InChI is InChI=1S/C21H21FN4O2S/c22-14-7-1-2-8-15(14)24-21(28)25-19(27)13-26-12-6-5-10-17(26)20-23-16-9-3-4-11-18(16)29-20/h1-4,7-9,11,17H,5-6,10,12-13H2,(H2,24,25,27,28)/t17-/m0/s1. The van der Waals surface area contributed by atoms with Gasteiger partial charge in [0, 0.05) is 0 Å². The summed E-state index contributed by atoms with van der Waals surface area (Å²) in [6.45, 7) is 0.855. The molecule has 1 aliphatic rings. The van der Waals surface area contributed by atoms with Crippen LogP contribution in [-0.2, 0) is 4.79 Å². The monoisotopic (exact) mass is 412 g/mol. The predicted octanol–water partition coefficient (Wildman–Crippen LogP) is 4.31. The summed E-state index contributed by atoms with van der Waals surface area (Å²) in [5, 5.41) is 5.65. The van der Waals surface area contributed by atoms with E-state index in [0.29, 0.717) is 0 Å². The van der Waals surface area contributed by atoms with Gasteiger partial charge in [0.15, 0.2) is 0 Å². The van der Waals surface area contributed by atoms with Gasteiger partial charge in [-0.25, -0.2) is 14.2 Å². The van der Waals surface area contributed by atoms with Crippen LogP contribution in [0.5, 0.6) is 0 Å². The molecule has 150 valence electrons. The van der Waals surface area contributed by atoms with Crippen molar-refractivity contribution in [2.24, 2.45) is 0 Å². The van der Waals surface area contributed by atoms with Gasteiger partial charge in [0.25, 0.3) is 0 Å². The SMILES string of the molecule is O=C(CN1CCCC[C@H]1c1nc2ccccc2s1)NC(=O)Nc1ccccc1F. The highest BCUT2D eigenvalue weighted by Crippen LogP contribution is 2.35. The minimum Gasteiger partial charge on any atom is -0.305 e. The first-order chi connectivity index (χ1) is 14.1. The van der Waals surface area contributed by atoms with Gasteiger partial charge in [0.1, 0.15) is 10.8 Å². The highest BCUT2D eigenvalue weighted by Gasteiger charge is 2.28. The molecule has 3 amide bonds. The normalized spacial score (nSPS) is 17.2. The molecule has 8 heteroatoms. The lowest BCUT2D eigenvalue weighted by Crippen LogP contribution is -2.44. The first kappa shape index (κ1) is 19.5. The zero-order valence-electron chi connectivity index (χ0n) is 15.7. The lowest BCUT2D eigenvalue weighted by molar-refractivity contribution is -0.122. The molecule has 1 fully saturated rings. The van der Waals surface area contributed by atoms with Crippen molar-refractivity contribution in [2.75, 3.05) is 18.4 Å². The van der Waals surface area contributed by atoms with E-state index >= 15 is 0 Å². The van der Waals surface area contributed by atoms with Crippen LogP contribution in [0, 0.1) is 5.82 Å². The summed E-state index contributed by atoms with van der Waals surface area (Å²) < 4.78 is 14.8. The molecule has 0 saturated carbocycles. The van der Waals surface area contributed by atoms with E-state index in [-0.39, 0.29) is 18.3 Å². The Kier molecular flexibility index (Phi) is 5.82. The van der Waals surface area contributed by atoms with Gasteiger partial charge in [-0.1, -0.05) is 30.7 Å². The molecule has 4 rings (SSSR count). The maximum absolute atomic E-state index is 13.6. The third kappa shape index (κ3) is 4.60. The molecule has 0 spiro atoms. The Labute approximate surface area is 171 Å². The number of carbonyl (C=O) groups excluding carboxylic acids is 2. The van der Waals surface area contributed by atoms with E-state index in [1.54, 1.807) is 17.4 Å². The quantitative estimate of drug-likeness (QED) is 0.670. The molecule has 0 aliphatic carbocycles. The van der Waals surface area contributed by atoms with Gasteiger partial charge in [-0.2, -0.15) is 0 Å². The smallest absolute Gasteiger partial charge is 0.305 e. The van der Waals surface area contributed by atoms with Gasteiger partial charge in [0.05, 0.1) is 28.5 Å². The topological polar surface area (TPSA) is 74.3 Å². The van der Waals surface area contributed by atoms with Gasteiger partial charge in [-0.15, -0.1) is 11.3 Å². The van der Waals surface area contributed by atoms with Crippen LogP contribution in [0.4, 0.5) is 14.9 Å². The molecule has 2 heterocycles.